The molecule has 2 aliphatic heterocycles. The second-order valence-electron chi connectivity index (χ2n) is 5.16. The maximum Gasteiger partial charge on any atom is 0.174 e. The predicted molar refractivity (Wildman–Crippen MR) is 93.6 cm³/mol. The van der Waals surface area contributed by atoms with Crippen LogP contribution in [-0.2, 0) is 0 Å². The number of benzene rings is 1. The standard InChI is InChI=1S/C16H16N2O2S2/c1-20-13-9-10-3-2-4-11(15(10)22-13)14-12(5-8-19)21-16-17-6-7-18(14)16/h2-4,9,19H,5-8H2,1H3. The highest BCUT2D eigenvalue weighted by molar-refractivity contribution is 8.17. The first-order chi connectivity index (χ1) is 10.8. The summed E-state index contributed by atoms with van der Waals surface area (Å²) in [7, 11) is 1.71. The number of aliphatic imine (C=N–C) groups is 1. The number of thioether (sulfide) groups is 1. The Kier molecular flexibility index (Phi) is 3.60. The van der Waals surface area contributed by atoms with Crippen LogP contribution < -0.4 is 4.74 Å². The largest absolute Gasteiger partial charge is 0.487 e. The number of fused-ring (bicyclic) bond motifs is 2. The van der Waals surface area contributed by atoms with Crippen LogP contribution in [0, 0.1) is 0 Å². The first kappa shape index (κ1) is 14.1. The zero-order valence-corrected chi connectivity index (χ0v) is 13.8. The van der Waals surface area contributed by atoms with Gasteiger partial charge in [0, 0.05) is 34.7 Å². The Morgan fingerprint density at radius 2 is 2.32 bits per heavy atom. The number of nitrogens with zero attached hydrogens (tertiary/aromatic N) is 2. The smallest absolute Gasteiger partial charge is 0.174 e. The second kappa shape index (κ2) is 5.61. The SMILES string of the molecule is COc1cc2cccc(C3=C(CCO)SC4=NCCN43)c2s1. The molecule has 0 saturated heterocycles. The van der Waals surface area contributed by atoms with Gasteiger partial charge in [-0.3, -0.25) is 4.99 Å². The Hall–Kier alpha value is -1.50. The van der Waals surface area contributed by atoms with E-state index in [4.69, 9.17) is 4.74 Å². The Morgan fingerprint density at radius 3 is 3.14 bits per heavy atom. The molecule has 0 unspecified atom stereocenters. The number of thiophene rings is 1. The molecule has 22 heavy (non-hydrogen) atoms. The van der Waals surface area contributed by atoms with Crippen LogP contribution in [0.1, 0.15) is 12.0 Å². The summed E-state index contributed by atoms with van der Waals surface area (Å²) in [6.45, 7) is 1.93. The monoisotopic (exact) mass is 332 g/mol. The quantitative estimate of drug-likeness (QED) is 0.932. The lowest BCUT2D eigenvalue weighted by molar-refractivity contribution is 0.301. The fourth-order valence-electron chi connectivity index (χ4n) is 2.92. The molecule has 1 aromatic heterocycles. The zero-order chi connectivity index (χ0) is 15.1. The average Bonchev–Trinajstić information content (AvgIpc) is 3.20. The van der Waals surface area contributed by atoms with E-state index in [0.29, 0.717) is 6.42 Å². The van der Waals surface area contributed by atoms with Crippen molar-refractivity contribution < 1.29 is 9.84 Å². The maximum atomic E-state index is 9.39. The molecule has 0 saturated carbocycles. The predicted octanol–water partition coefficient (Wildman–Crippen LogP) is 3.38. The van der Waals surface area contributed by atoms with Gasteiger partial charge in [-0.05, 0) is 11.5 Å². The molecule has 2 aliphatic rings. The second-order valence-corrected chi connectivity index (χ2v) is 7.23. The lowest BCUT2D eigenvalue weighted by Gasteiger charge is -2.18. The van der Waals surface area contributed by atoms with Crippen molar-refractivity contribution in [3.63, 3.8) is 0 Å². The molecule has 0 amide bonds. The van der Waals surface area contributed by atoms with E-state index in [1.54, 1.807) is 30.2 Å². The molecule has 1 aromatic carbocycles. The van der Waals surface area contributed by atoms with Crippen molar-refractivity contribution in [2.75, 3.05) is 26.8 Å². The molecule has 0 bridgehead atoms. The van der Waals surface area contributed by atoms with Crippen LogP contribution in [0.25, 0.3) is 15.8 Å². The van der Waals surface area contributed by atoms with Crippen molar-refractivity contribution in [1.29, 1.82) is 0 Å². The van der Waals surface area contributed by atoms with E-state index >= 15 is 0 Å². The Labute approximate surface area is 137 Å². The van der Waals surface area contributed by atoms with Crippen LogP contribution in [0.5, 0.6) is 5.06 Å². The van der Waals surface area contributed by atoms with Crippen molar-refractivity contribution in [3.05, 3.63) is 34.7 Å². The number of aliphatic hydroxyl groups is 1. The Balaban J connectivity index is 1.90. The van der Waals surface area contributed by atoms with Gasteiger partial charge in [0.15, 0.2) is 10.2 Å². The fraction of sp³-hybridized carbons (Fsp3) is 0.312. The number of rotatable bonds is 4. The summed E-state index contributed by atoms with van der Waals surface area (Å²) >= 11 is 3.37. The van der Waals surface area contributed by atoms with Gasteiger partial charge in [0.2, 0.25) is 0 Å². The van der Waals surface area contributed by atoms with Gasteiger partial charge >= 0.3 is 0 Å². The number of hydrogen-bond acceptors (Lipinski definition) is 6. The molecular weight excluding hydrogens is 316 g/mol. The first-order valence-electron chi connectivity index (χ1n) is 7.22. The third-order valence-corrected chi connectivity index (χ3v) is 6.19. The van der Waals surface area contributed by atoms with Gasteiger partial charge in [0.1, 0.15) is 0 Å². The Morgan fingerprint density at radius 1 is 1.41 bits per heavy atom. The van der Waals surface area contributed by atoms with Crippen molar-refractivity contribution in [2.24, 2.45) is 4.99 Å². The minimum absolute atomic E-state index is 0.163. The molecule has 0 fully saturated rings. The first-order valence-corrected chi connectivity index (χ1v) is 8.86. The summed E-state index contributed by atoms with van der Waals surface area (Å²) in [6, 6.07) is 8.44. The molecule has 3 heterocycles. The van der Waals surface area contributed by atoms with Crippen molar-refractivity contribution in [3.8, 4) is 5.06 Å². The molecule has 0 atom stereocenters. The molecule has 2 aromatic rings. The number of methoxy groups -OCH3 is 1. The molecule has 0 aliphatic carbocycles. The van der Waals surface area contributed by atoms with E-state index in [0.717, 1.165) is 23.3 Å². The normalized spacial score (nSPS) is 17.4. The number of ether oxygens (including phenoxy) is 1. The highest BCUT2D eigenvalue weighted by Crippen LogP contribution is 2.46. The summed E-state index contributed by atoms with van der Waals surface area (Å²) in [5, 5.41) is 12.6. The number of aliphatic hydroxyl groups excluding tert-OH is 1. The zero-order valence-electron chi connectivity index (χ0n) is 12.2. The summed E-state index contributed by atoms with van der Waals surface area (Å²) < 4.78 is 6.63. The molecule has 114 valence electrons. The van der Waals surface area contributed by atoms with Gasteiger partial charge in [-0.15, -0.1) is 0 Å². The van der Waals surface area contributed by atoms with Crippen LogP contribution >= 0.6 is 23.1 Å². The lowest BCUT2D eigenvalue weighted by atomic mass is 10.1. The summed E-state index contributed by atoms with van der Waals surface area (Å²) in [5.74, 6) is 0. The topological polar surface area (TPSA) is 45.1 Å². The van der Waals surface area contributed by atoms with E-state index in [1.165, 1.54) is 26.3 Å². The fourth-order valence-corrected chi connectivity index (χ4v) is 5.09. The molecule has 6 heteroatoms. The van der Waals surface area contributed by atoms with Crippen LogP contribution in [0.2, 0.25) is 0 Å². The highest BCUT2D eigenvalue weighted by atomic mass is 32.2. The van der Waals surface area contributed by atoms with E-state index in [1.807, 2.05) is 0 Å². The van der Waals surface area contributed by atoms with Gasteiger partial charge < -0.3 is 14.7 Å². The summed E-state index contributed by atoms with van der Waals surface area (Å²) in [6.07, 6.45) is 0.675. The molecule has 4 nitrogen and oxygen atoms in total. The Bertz CT molecular complexity index is 795. The van der Waals surface area contributed by atoms with Crippen molar-refractivity contribution >= 4 is 44.0 Å². The number of amidine groups is 1. The van der Waals surface area contributed by atoms with Crippen LogP contribution in [0.15, 0.2) is 34.2 Å². The van der Waals surface area contributed by atoms with Gasteiger partial charge in [0.25, 0.3) is 0 Å². The van der Waals surface area contributed by atoms with Gasteiger partial charge in [-0.2, -0.15) is 0 Å². The molecular formula is C16H16N2O2S2. The maximum absolute atomic E-state index is 9.39. The van der Waals surface area contributed by atoms with E-state index in [9.17, 15) is 5.11 Å². The molecule has 0 radical (unpaired) electrons. The molecule has 0 spiro atoms. The van der Waals surface area contributed by atoms with Crippen LogP contribution in [-0.4, -0.2) is 42.0 Å². The van der Waals surface area contributed by atoms with E-state index < -0.39 is 0 Å². The van der Waals surface area contributed by atoms with Crippen molar-refractivity contribution in [2.45, 2.75) is 6.42 Å². The van der Waals surface area contributed by atoms with Crippen LogP contribution in [0.4, 0.5) is 0 Å². The minimum Gasteiger partial charge on any atom is -0.487 e. The van der Waals surface area contributed by atoms with Gasteiger partial charge in [-0.1, -0.05) is 41.3 Å². The van der Waals surface area contributed by atoms with Crippen molar-refractivity contribution in [1.82, 2.24) is 4.90 Å². The third-order valence-electron chi connectivity index (χ3n) is 3.87. The average molecular weight is 332 g/mol. The molecule has 4 rings (SSSR count). The number of hydrogen-bond donors (Lipinski definition) is 1. The summed E-state index contributed by atoms with van der Waals surface area (Å²) in [5.41, 5.74) is 2.43. The third kappa shape index (κ3) is 2.14. The molecule has 1 N–H and O–H groups in total. The van der Waals surface area contributed by atoms with Gasteiger partial charge in [-0.25, -0.2) is 0 Å². The lowest BCUT2D eigenvalue weighted by Crippen LogP contribution is -2.20. The van der Waals surface area contributed by atoms with E-state index in [-0.39, 0.29) is 6.61 Å². The highest BCUT2D eigenvalue weighted by Gasteiger charge is 2.33. The van der Waals surface area contributed by atoms with Gasteiger partial charge in [0.05, 0.1) is 19.4 Å². The van der Waals surface area contributed by atoms with Crippen LogP contribution in [0.3, 0.4) is 0 Å². The minimum atomic E-state index is 0.163. The van der Waals surface area contributed by atoms with E-state index in [2.05, 4.69) is 34.2 Å². The summed E-state index contributed by atoms with van der Waals surface area (Å²) in [4.78, 5) is 8.07.